The normalized spacial score (nSPS) is 17.6. The number of benzene rings is 1. The van der Waals surface area contributed by atoms with Crippen LogP contribution in [0.4, 0.5) is 0 Å². The van der Waals surface area contributed by atoms with E-state index in [9.17, 15) is 4.79 Å². The fourth-order valence-electron chi connectivity index (χ4n) is 3.44. The van der Waals surface area contributed by atoms with Crippen molar-refractivity contribution in [2.45, 2.75) is 38.8 Å². The Morgan fingerprint density at radius 2 is 2.07 bits per heavy atom. The van der Waals surface area contributed by atoms with E-state index in [2.05, 4.69) is 9.88 Å². The van der Waals surface area contributed by atoms with Crippen LogP contribution in [0.25, 0.3) is 11.5 Å². The number of hydrogen-bond donors (Lipinski definition) is 0. The van der Waals surface area contributed by atoms with Crippen molar-refractivity contribution in [3.8, 4) is 23.0 Å². The zero-order chi connectivity index (χ0) is 19.4. The van der Waals surface area contributed by atoms with Gasteiger partial charge in [-0.05, 0) is 38.4 Å². The number of hydrogen-bond acceptors (Lipinski definition) is 7. The minimum absolute atomic E-state index is 0.187. The van der Waals surface area contributed by atoms with E-state index in [-0.39, 0.29) is 12.0 Å². The average Bonchev–Trinajstić information content (AvgIpc) is 3.07. The SMILES string of the molecule is COC(=O)C1CCCCN1Cc1nc(-c2ccc(OC)cc2OC)oc1C. The van der Waals surface area contributed by atoms with E-state index >= 15 is 0 Å². The van der Waals surface area contributed by atoms with E-state index in [1.54, 1.807) is 20.3 Å². The molecule has 0 spiro atoms. The van der Waals surface area contributed by atoms with Crippen LogP contribution in [-0.4, -0.2) is 49.8 Å². The topological polar surface area (TPSA) is 74.0 Å². The van der Waals surface area contributed by atoms with Crippen LogP contribution in [0, 0.1) is 6.92 Å². The van der Waals surface area contributed by atoms with Crippen molar-refractivity contribution in [1.29, 1.82) is 0 Å². The molecule has 0 amide bonds. The van der Waals surface area contributed by atoms with Crippen LogP contribution < -0.4 is 9.47 Å². The average molecular weight is 374 g/mol. The highest BCUT2D eigenvalue weighted by Gasteiger charge is 2.30. The largest absolute Gasteiger partial charge is 0.497 e. The van der Waals surface area contributed by atoms with E-state index < -0.39 is 0 Å². The Hall–Kier alpha value is -2.54. The third-order valence-electron chi connectivity index (χ3n) is 4.97. The number of esters is 1. The summed E-state index contributed by atoms with van der Waals surface area (Å²) in [6.07, 6.45) is 2.90. The zero-order valence-electron chi connectivity index (χ0n) is 16.3. The highest BCUT2D eigenvalue weighted by Crippen LogP contribution is 2.34. The first-order valence-electron chi connectivity index (χ1n) is 9.08. The molecule has 1 aromatic heterocycles. The van der Waals surface area contributed by atoms with Crippen molar-refractivity contribution < 1.29 is 23.4 Å². The molecule has 1 fully saturated rings. The van der Waals surface area contributed by atoms with Gasteiger partial charge in [0.05, 0.1) is 32.6 Å². The molecule has 0 bridgehead atoms. The van der Waals surface area contributed by atoms with Gasteiger partial charge in [0.2, 0.25) is 5.89 Å². The second-order valence-corrected chi connectivity index (χ2v) is 6.59. The minimum Gasteiger partial charge on any atom is -0.497 e. The van der Waals surface area contributed by atoms with Gasteiger partial charge in [-0.25, -0.2) is 4.98 Å². The second kappa shape index (κ2) is 8.43. The molecule has 1 aliphatic rings. The van der Waals surface area contributed by atoms with Crippen LogP contribution in [-0.2, 0) is 16.1 Å². The molecule has 1 aliphatic heterocycles. The Balaban J connectivity index is 1.85. The van der Waals surface area contributed by atoms with Crippen LogP contribution in [0.3, 0.4) is 0 Å². The molecule has 2 heterocycles. The molecule has 0 aliphatic carbocycles. The lowest BCUT2D eigenvalue weighted by Crippen LogP contribution is -2.44. The number of aryl methyl sites for hydroxylation is 1. The van der Waals surface area contributed by atoms with Gasteiger partial charge in [0.25, 0.3) is 0 Å². The Morgan fingerprint density at radius 1 is 1.26 bits per heavy atom. The highest BCUT2D eigenvalue weighted by molar-refractivity contribution is 5.75. The predicted molar refractivity (Wildman–Crippen MR) is 99.8 cm³/mol. The number of aromatic nitrogens is 1. The van der Waals surface area contributed by atoms with E-state index in [1.807, 2.05) is 19.1 Å². The smallest absolute Gasteiger partial charge is 0.323 e. The van der Waals surface area contributed by atoms with Gasteiger partial charge in [-0.2, -0.15) is 0 Å². The van der Waals surface area contributed by atoms with E-state index in [0.29, 0.717) is 23.9 Å². The summed E-state index contributed by atoms with van der Waals surface area (Å²) in [4.78, 5) is 18.9. The lowest BCUT2D eigenvalue weighted by molar-refractivity contribution is -0.148. The third-order valence-corrected chi connectivity index (χ3v) is 4.97. The van der Waals surface area contributed by atoms with Crippen molar-refractivity contribution in [3.05, 3.63) is 29.7 Å². The van der Waals surface area contributed by atoms with Gasteiger partial charge in [-0.3, -0.25) is 9.69 Å². The molecule has 1 atom stereocenters. The first-order valence-corrected chi connectivity index (χ1v) is 9.08. The number of nitrogens with zero attached hydrogens (tertiary/aromatic N) is 2. The summed E-state index contributed by atoms with van der Waals surface area (Å²) in [6, 6.07) is 5.28. The summed E-state index contributed by atoms with van der Waals surface area (Å²) in [7, 11) is 4.65. The Kier molecular flexibility index (Phi) is 6.01. The third kappa shape index (κ3) is 4.08. The minimum atomic E-state index is -0.223. The van der Waals surface area contributed by atoms with Gasteiger partial charge < -0.3 is 18.6 Å². The molecular weight excluding hydrogens is 348 g/mol. The van der Waals surface area contributed by atoms with Gasteiger partial charge in [0, 0.05) is 12.6 Å². The number of carbonyl (C=O) groups excluding carboxylic acids is 1. The summed E-state index contributed by atoms with van der Waals surface area (Å²) >= 11 is 0. The lowest BCUT2D eigenvalue weighted by atomic mass is 10.0. The quantitative estimate of drug-likeness (QED) is 0.719. The van der Waals surface area contributed by atoms with Crippen LogP contribution in [0.2, 0.25) is 0 Å². The summed E-state index contributed by atoms with van der Waals surface area (Å²) in [5, 5.41) is 0. The van der Waals surface area contributed by atoms with E-state index in [1.165, 1.54) is 7.11 Å². The Bertz CT molecular complexity index is 802. The molecule has 7 nitrogen and oxygen atoms in total. The summed E-state index contributed by atoms with van der Waals surface area (Å²) < 4.78 is 21.6. The van der Waals surface area contributed by atoms with Gasteiger partial charge >= 0.3 is 5.97 Å². The maximum absolute atomic E-state index is 12.1. The molecule has 1 aromatic carbocycles. The van der Waals surface area contributed by atoms with E-state index in [0.717, 1.165) is 42.8 Å². The molecule has 1 saturated heterocycles. The number of likely N-dealkylation sites (tertiary alicyclic amines) is 1. The number of ether oxygens (including phenoxy) is 3. The first-order chi connectivity index (χ1) is 13.1. The van der Waals surface area contributed by atoms with Gasteiger partial charge in [0.1, 0.15) is 23.3 Å². The molecule has 27 heavy (non-hydrogen) atoms. The van der Waals surface area contributed by atoms with Crippen molar-refractivity contribution in [2.24, 2.45) is 0 Å². The number of carbonyl (C=O) groups is 1. The molecule has 7 heteroatoms. The van der Waals surface area contributed by atoms with Crippen LogP contribution in [0.15, 0.2) is 22.6 Å². The predicted octanol–water partition coefficient (Wildman–Crippen LogP) is 3.19. The van der Waals surface area contributed by atoms with Crippen LogP contribution >= 0.6 is 0 Å². The van der Waals surface area contributed by atoms with Crippen molar-refractivity contribution >= 4 is 5.97 Å². The number of rotatable bonds is 6. The fourth-order valence-corrected chi connectivity index (χ4v) is 3.44. The molecule has 0 N–H and O–H groups in total. The molecule has 0 radical (unpaired) electrons. The molecule has 0 saturated carbocycles. The number of piperidine rings is 1. The fraction of sp³-hybridized carbons (Fsp3) is 0.500. The van der Waals surface area contributed by atoms with Gasteiger partial charge in [-0.1, -0.05) is 6.42 Å². The second-order valence-electron chi connectivity index (χ2n) is 6.59. The molecule has 3 rings (SSSR count). The maximum atomic E-state index is 12.1. The van der Waals surface area contributed by atoms with Gasteiger partial charge in [-0.15, -0.1) is 0 Å². The zero-order valence-corrected chi connectivity index (χ0v) is 16.3. The van der Waals surface area contributed by atoms with Crippen molar-refractivity contribution in [3.63, 3.8) is 0 Å². The standard InChI is InChI=1S/C20H26N2O5/c1-13-16(12-22-10-6-5-7-17(22)20(23)26-4)21-19(27-13)15-9-8-14(24-2)11-18(15)25-3/h8-9,11,17H,5-7,10,12H2,1-4H3. The lowest BCUT2D eigenvalue weighted by Gasteiger charge is -2.33. The van der Waals surface area contributed by atoms with Gasteiger partial charge in [0.15, 0.2) is 0 Å². The van der Waals surface area contributed by atoms with E-state index in [4.69, 9.17) is 18.6 Å². The Labute approximate surface area is 159 Å². The summed E-state index contributed by atoms with van der Waals surface area (Å²) in [6.45, 7) is 3.28. The van der Waals surface area contributed by atoms with Crippen LogP contribution in [0.5, 0.6) is 11.5 Å². The van der Waals surface area contributed by atoms with Crippen molar-refractivity contribution in [2.75, 3.05) is 27.9 Å². The molecule has 2 aromatic rings. The maximum Gasteiger partial charge on any atom is 0.323 e. The summed E-state index contributed by atoms with van der Waals surface area (Å²) in [5.41, 5.74) is 1.58. The molecular formula is C20H26N2O5. The van der Waals surface area contributed by atoms with Crippen molar-refractivity contribution in [1.82, 2.24) is 9.88 Å². The monoisotopic (exact) mass is 374 g/mol. The first kappa shape index (κ1) is 19.2. The Morgan fingerprint density at radius 3 is 2.78 bits per heavy atom. The summed E-state index contributed by atoms with van der Waals surface area (Å²) in [5.74, 6) is 2.37. The number of oxazole rings is 1. The number of methoxy groups -OCH3 is 3. The van der Waals surface area contributed by atoms with Crippen LogP contribution in [0.1, 0.15) is 30.7 Å². The highest BCUT2D eigenvalue weighted by atomic mass is 16.5. The molecule has 146 valence electrons. The molecule has 1 unspecified atom stereocenters.